The van der Waals surface area contributed by atoms with E-state index in [1.54, 1.807) is 48.8 Å². The molecule has 2 aromatic heterocycles. The van der Waals surface area contributed by atoms with Crippen LogP contribution in [0.15, 0.2) is 62.1 Å². The number of hydrogen-bond acceptors (Lipinski definition) is 6. The molecule has 3 heterocycles. The van der Waals surface area contributed by atoms with Gasteiger partial charge in [0.1, 0.15) is 0 Å². The summed E-state index contributed by atoms with van der Waals surface area (Å²) in [4.78, 5) is 31.5. The number of halogens is 1. The molecule has 30 heavy (non-hydrogen) atoms. The average molecular weight is 459 g/mol. The molecule has 1 aromatic carbocycles. The smallest absolute Gasteiger partial charge is 0.338 e. The van der Waals surface area contributed by atoms with Crippen LogP contribution in [-0.4, -0.2) is 16.6 Å². The number of nitrogens with zero attached hydrogens (tertiary/aromatic N) is 2. The van der Waals surface area contributed by atoms with E-state index in [4.69, 9.17) is 16.3 Å². The fourth-order valence-corrected chi connectivity index (χ4v) is 5.12. The number of thiazole rings is 1. The molecule has 0 bridgehead atoms. The second-order valence-electron chi connectivity index (χ2n) is 7.14. The number of carbonyl (C=O) groups excluding carboxylic acids is 1. The monoisotopic (exact) mass is 458 g/mol. The summed E-state index contributed by atoms with van der Waals surface area (Å²) in [6, 6.07) is 8.47. The van der Waals surface area contributed by atoms with Gasteiger partial charge in [0.05, 0.1) is 27.9 Å². The maximum Gasteiger partial charge on any atom is 0.338 e. The molecule has 0 unspecified atom stereocenters. The molecule has 0 aliphatic carbocycles. The van der Waals surface area contributed by atoms with E-state index in [1.807, 2.05) is 35.0 Å². The van der Waals surface area contributed by atoms with Crippen LogP contribution < -0.4 is 14.9 Å². The van der Waals surface area contributed by atoms with Crippen LogP contribution in [0.3, 0.4) is 0 Å². The molecule has 1 aliphatic rings. The number of thiophene rings is 1. The predicted octanol–water partition coefficient (Wildman–Crippen LogP) is 3.90. The molecular weight excluding hydrogens is 440 g/mol. The first-order valence-corrected chi connectivity index (χ1v) is 11.5. The van der Waals surface area contributed by atoms with Crippen molar-refractivity contribution in [2.45, 2.75) is 32.9 Å². The highest BCUT2D eigenvalue weighted by atomic mass is 35.5. The summed E-state index contributed by atoms with van der Waals surface area (Å²) in [5.41, 5.74) is 2.45. The van der Waals surface area contributed by atoms with E-state index in [1.165, 1.54) is 11.3 Å². The highest BCUT2D eigenvalue weighted by Gasteiger charge is 2.33. The zero-order valence-electron chi connectivity index (χ0n) is 16.6. The first-order chi connectivity index (χ1) is 14.3. The van der Waals surface area contributed by atoms with Gasteiger partial charge in [-0.25, -0.2) is 9.79 Å². The number of fused-ring (bicyclic) bond motifs is 1. The van der Waals surface area contributed by atoms with Crippen molar-refractivity contribution in [3.8, 4) is 0 Å². The predicted molar refractivity (Wildman–Crippen MR) is 121 cm³/mol. The second-order valence-corrected chi connectivity index (χ2v) is 9.37. The van der Waals surface area contributed by atoms with Gasteiger partial charge in [0.2, 0.25) is 0 Å². The Hall–Kier alpha value is -2.48. The Kier molecular flexibility index (Phi) is 5.77. The van der Waals surface area contributed by atoms with Gasteiger partial charge in [-0.15, -0.1) is 0 Å². The van der Waals surface area contributed by atoms with Crippen molar-refractivity contribution in [1.82, 2.24) is 4.57 Å². The van der Waals surface area contributed by atoms with Crippen LogP contribution in [0.4, 0.5) is 0 Å². The van der Waals surface area contributed by atoms with Gasteiger partial charge in [0.15, 0.2) is 4.80 Å². The molecule has 1 aliphatic heterocycles. The van der Waals surface area contributed by atoms with E-state index < -0.39 is 12.0 Å². The minimum Gasteiger partial charge on any atom is -0.459 e. The molecule has 3 aromatic rings. The summed E-state index contributed by atoms with van der Waals surface area (Å²) in [7, 11) is 0. The fraction of sp³-hybridized carbons (Fsp3) is 0.227. The third-order valence-electron chi connectivity index (χ3n) is 4.61. The maximum absolute atomic E-state index is 13.4. The van der Waals surface area contributed by atoms with Gasteiger partial charge in [-0.2, -0.15) is 11.3 Å². The topological polar surface area (TPSA) is 60.7 Å². The number of ether oxygens (including phenoxy) is 1. The van der Waals surface area contributed by atoms with E-state index in [0.717, 1.165) is 11.1 Å². The lowest BCUT2D eigenvalue weighted by molar-refractivity contribution is -0.143. The summed E-state index contributed by atoms with van der Waals surface area (Å²) in [6.07, 6.45) is 1.57. The first-order valence-electron chi connectivity index (χ1n) is 9.36. The van der Waals surface area contributed by atoms with E-state index in [0.29, 0.717) is 25.6 Å². The lowest BCUT2D eigenvalue weighted by Crippen LogP contribution is -2.40. The molecule has 0 N–H and O–H groups in total. The Bertz CT molecular complexity index is 1300. The molecule has 0 spiro atoms. The molecule has 0 radical (unpaired) electrons. The van der Waals surface area contributed by atoms with Crippen LogP contribution in [0.25, 0.3) is 6.08 Å². The standard InChI is InChI=1S/C22H19ClN2O3S2/c1-12(2)28-21(27)18-13(3)24-22-25(19(18)15-4-6-16(23)7-5-15)20(26)17(30-22)10-14-8-9-29-11-14/h4-12,19H,1-3H3/t19-/m0/s1. The lowest BCUT2D eigenvalue weighted by Gasteiger charge is -2.25. The quantitative estimate of drug-likeness (QED) is 0.557. The van der Waals surface area contributed by atoms with Gasteiger partial charge in [-0.1, -0.05) is 35.1 Å². The summed E-state index contributed by atoms with van der Waals surface area (Å²) in [5.74, 6) is -0.474. The molecule has 5 nitrogen and oxygen atoms in total. The average Bonchev–Trinajstić information content (AvgIpc) is 3.29. The third-order valence-corrected chi connectivity index (χ3v) is 6.55. The normalized spacial score (nSPS) is 16.6. The highest BCUT2D eigenvalue weighted by molar-refractivity contribution is 7.08. The zero-order valence-corrected chi connectivity index (χ0v) is 19.0. The summed E-state index contributed by atoms with van der Waals surface area (Å²) >= 11 is 8.95. The van der Waals surface area contributed by atoms with Crippen molar-refractivity contribution in [1.29, 1.82) is 0 Å². The zero-order chi connectivity index (χ0) is 21.4. The Morgan fingerprint density at radius 1 is 1.27 bits per heavy atom. The molecule has 0 fully saturated rings. The van der Waals surface area contributed by atoms with Gasteiger partial charge < -0.3 is 4.74 Å². The molecule has 154 valence electrons. The lowest BCUT2D eigenvalue weighted by atomic mass is 9.96. The number of esters is 1. The fourth-order valence-electron chi connectivity index (χ4n) is 3.33. The number of aromatic nitrogens is 1. The minimum atomic E-state index is -0.630. The van der Waals surface area contributed by atoms with Crippen LogP contribution in [0.5, 0.6) is 0 Å². The molecule has 8 heteroatoms. The summed E-state index contributed by atoms with van der Waals surface area (Å²) in [5, 5.41) is 4.52. The van der Waals surface area contributed by atoms with Gasteiger partial charge in [-0.05, 0) is 66.9 Å². The van der Waals surface area contributed by atoms with Crippen molar-refractivity contribution < 1.29 is 9.53 Å². The van der Waals surface area contributed by atoms with Crippen LogP contribution in [-0.2, 0) is 9.53 Å². The van der Waals surface area contributed by atoms with E-state index in [-0.39, 0.29) is 11.7 Å². The number of allylic oxidation sites excluding steroid dienone is 1. The number of benzene rings is 1. The SMILES string of the molecule is CC1=C(C(=O)OC(C)C)[C@H](c2ccc(Cl)cc2)n2c(sc(=Cc3ccsc3)c2=O)=N1. The van der Waals surface area contributed by atoms with Crippen molar-refractivity contribution in [3.05, 3.63) is 88.2 Å². The van der Waals surface area contributed by atoms with Crippen molar-refractivity contribution in [3.63, 3.8) is 0 Å². The largest absolute Gasteiger partial charge is 0.459 e. The van der Waals surface area contributed by atoms with Crippen molar-refractivity contribution >= 4 is 46.3 Å². The van der Waals surface area contributed by atoms with Crippen molar-refractivity contribution in [2.75, 3.05) is 0 Å². The van der Waals surface area contributed by atoms with Gasteiger partial charge in [-0.3, -0.25) is 9.36 Å². The van der Waals surface area contributed by atoms with Gasteiger partial charge >= 0.3 is 5.97 Å². The van der Waals surface area contributed by atoms with E-state index >= 15 is 0 Å². The van der Waals surface area contributed by atoms with Crippen LogP contribution in [0.2, 0.25) is 5.02 Å². The van der Waals surface area contributed by atoms with Crippen LogP contribution in [0.1, 0.15) is 37.9 Å². The number of hydrogen-bond donors (Lipinski definition) is 0. The molecular formula is C22H19ClN2O3S2. The second kappa shape index (κ2) is 8.34. The molecule has 1 atom stereocenters. The number of rotatable bonds is 4. The van der Waals surface area contributed by atoms with E-state index in [9.17, 15) is 9.59 Å². The van der Waals surface area contributed by atoms with Gasteiger partial charge in [0, 0.05) is 5.02 Å². The molecule has 0 saturated heterocycles. The maximum atomic E-state index is 13.4. The molecule has 4 rings (SSSR count). The highest BCUT2D eigenvalue weighted by Crippen LogP contribution is 2.31. The number of carbonyl (C=O) groups is 1. The summed E-state index contributed by atoms with van der Waals surface area (Å²) in [6.45, 7) is 5.36. The Morgan fingerprint density at radius 3 is 2.63 bits per heavy atom. The van der Waals surface area contributed by atoms with Crippen LogP contribution in [0, 0.1) is 0 Å². The Morgan fingerprint density at radius 2 is 2.00 bits per heavy atom. The molecule has 0 amide bonds. The Labute approximate surface area is 186 Å². The summed E-state index contributed by atoms with van der Waals surface area (Å²) < 4.78 is 7.63. The minimum absolute atomic E-state index is 0.188. The van der Waals surface area contributed by atoms with E-state index in [2.05, 4.69) is 4.99 Å². The third kappa shape index (κ3) is 3.93. The Balaban J connectivity index is 1.95. The van der Waals surface area contributed by atoms with Crippen molar-refractivity contribution in [2.24, 2.45) is 4.99 Å². The van der Waals surface area contributed by atoms with Crippen LogP contribution >= 0.6 is 34.3 Å². The molecule has 0 saturated carbocycles. The first kappa shape index (κ1) is 20.8. The van der Waals surface area contributed by atoms with Gasteiger partial charge in [0.25, 0.3) is 5.56 Å².